The third-order valence-corrected chi connectivity index (χ3v) is 2.94. The largest absolute Gasteiger partial charge is 0.356 e. The van der Waals surface area contributed by atoms with Gasteiger partial charge in [0.15, 0.2) is 5.76 Å². The van der Waals surface area contributed by atoms with Crippen LogP contribution in [0.25, 0.3) is 11.3 Å². The van der Waals surface area contributed by atoms with Gasteiger partial charge in [0.1, 0.15) is 0 Å². The molecular weight excluding hydrogens is 271 g/mol. The number of nitrogens with zero attached hydrogens (tertiary/aromatic N) is 1. The normalized spacial score (nSPS) is 11.9. The highest BCUT2D eigenvalue weighted by molar-refractivity contribution is 6.30. The summed E-state index contributed by atoms with van der Waals surface area (Å²) in [5, 5.41) is 4.72. The highest BCUT2D eigenvalue weighted by Crippen LogP contribution is 2.22. The van der Waals surface area contributed by atoms with Gasteiger partial charge in [0.25, 0.3) is 0 Å². The molecule has 1 atom stereocenters. The summed E-state index contributed by atoms with van der Waals surface area (Å²) < 4.78 is 5.29. The summed E-state index contributed by atoms with van der Waals surface area (Å²) in [7, 11) is 0. The zero-order valence-corrected chi connectivity index (χ0v) is 11.7. The first-order valence-electron chi connectivity index (χ1n) is 5.66. The molecule has 98 valence electrons. The first-order chi connectivity index (χ1) is 8.19. The Morgan fingerprint density at radius 3 is 2.61 bits per heavy atom. The molecule has 2 aromatic rings. The van der Waals surface area contributed by atoms with Gasteiger partial charge in [0.2, 0.25) is 0 Å². The lowest BCUT2D eigenvalue weighted by Gasteiger charge is -2.03. The minimum atomic E-state index is 0. The van der Waals surface area contributed by atoms with E-state index in [2.05, 4.69) is 12.1 Å². The van der Waals surface area contributed by atoms with Crippen LogP contribution in [-0.4, -0.2) is 11.2 Å². The predicted molar refractivity (Wildman–Crippen MR) is 76.2 cm³/mol. The molecule has 3 nitrogen and oxygen atoms in total. The van der Waals surface area contributed by atoms with Crippen molar-refractivity contribution in [3.05, 3.63) is 41.0 Å². The van der Waals surface area contributed by atoms with Crippen molar-refractivity contribution in [3.8, 4) is 11.3 Å². The molecule has 1 aromatic heterocycles. The molecule has 0 saturated carbocycles. The molecule has 0 amide bonds. The fourth-order valence-corrected chi connectivity index (χ4v) is 1.70. The van der Waals surface area contributed by atoms with Gasteiger partial charge >= 0.3 is 0 Å². The molecule has 0 fully saturated rings. The minimum absolute atomic E-state index is 0. The molecule has 2 rings (SSSR count). The van der Waals surface area contributed by atoms with Crippen LogP contribution in [0, 0.1) is 0 Å². The molecule has 0 aliphatic rings. The third kappa shape index (κ3) is 3.73. The van der Waals surface area contributed by atoms with Crippen LogP contribution < -0.4 is 5.73 Å². The zero-order valence-electron chi connectivity index (χ0n) is 10.1. The predicted octanol–water partition coefficient (Wildman–Crippen LogP) is 3.70. The van der Waals surface area contributed by atoms with Crippen LogP contribution in [0.2, 0.25) is 5.02 Å². The monoisotopic (exact) mass is 286 g/mol. The van der Waals surface area contributed by atoms with Gasteiger partial charge in [-0.05, 0) is 30.7 Å². The number of hydrogen-bond acceptors (Lipinski definition) is 3. The Kier molecular flexibility index (Phi) is 5.66. The van der Waals surface area contributed by atoms with E-state index in [1.165, 1.54) is 0 Å². The van der Waals surface area contributed by atoms with Gasteiger partial charge in [0, 0.05) is 29.1 Å². The Morgan fingerprint density at radius 1 is 1.33 bits per heavy atom. The van der Waals surface area contributed by atoms with Crippen molar-refractivity contribution in [2.45, 2.75) is 25.8 Å². The van der Waals surface area contributed by atoms with Crippen molar-refractivity contribution < 1.29 is 4.52 Å². The summed E-state index contributed by atoms with van der Waals surface area (Å²) >= 11 is 5.83. The average Bonchev–Trinajstić information content (AvgIpc) is 2.78. The fourth-order valence-electron chi connectivity index (χ4n) is 1.57. The summed E-state index contributed by atoms with van der Waals surface area (Å²) in [4.78, 5) is 0. The highest BCUT2D eigenvalue weighted by Gasteiger charge is 2.09. The Balaban J connectivity index is 0.00000162. The van der Waals surface area contributed by atoms with Crippen LogP contribution in [0.5, 0.6) is 0 Å². The number of nitrogens with two attached hydrogens (primary N) is 1. The number of hydrogen-bond donors (Lipinski definition) is 1. The summed E-state index contributed by atoms with van der Waals surface area (Å²) in [6.45, 7) is 2.06. The Bertz CT molecular complexity index is 482. The molecule has 0 aliphatic heterocycles. The molecule has 0 aliphatic carbocycles. The number of rotatable bonds is 4. The fraction of sp³-hybridized carbons (Fsp3) is 0.308. The first kappa shape index (κ1) is 15.0. The van der Waals surface area contributed by atoms with E-state index in [1.54, 1.807) is 0 Å². The molecule has 0 bridgehead atoms. The summed E-state index contributed by atoms with van der Waals surface area (Å²) in [5.74, 6) is 0.750. The van der Waals surface area contributed by atoms with Crippen molar-refractivity contribution >= 4 is 24.0 Å². The Morgan fingerprint density at radius 2 is 2.00 bits per heavy atom. The van der Waals surface area contributed by atoms with Crippen LogP contribution >= 0.6 is 24.0 Å². The Hall–Kier alpha value is -1.03. The zero-order chi connectivity index (χ0) is 12.3. The van der Waals surface area contributed by atoms with E-state index >= 15 is 0 Å². The number of benzene rings is 1. The van der Waals surface area contributed by atoms with Gasteiger partial charge in [-0.1, -0.05) is 23.7 Å². The standard InChI is InChI=1S/C13H15ClN2O.ClH/c1-2-11(15)7-12-8-13(17-16-12)9-3-5-10(14)6-4-9;/h3-6,8,11H,2,7,15H2,1H3;1H. The van der Waals surface area contributed by atoms with Crippen molar-refractivity contribution in [1.82, 2.24) is 5.16 Å². The molecule has 18 heavy (non-hydrogen) atoms. The molecule has 0 saturated heterocycles. The molecular formula is C13H16Cl2N2O. The molecule has 1 unspecified atom stereocenters. The number of halogens is 2. The lowest BCUT2D eigenvalue weighted by molar-refractivity contribution is 0.420. The van der Waals surface area contributed by atoms with Gasteiger partial charge in [-0.2, -0.15) is 0 Å². The maximum absolute atomic E-state index is 5.87. The lowest BCUT2D eigenvalue weighted by Crippen LogP contribution is -2.21. The highest BCUT2D eigenvalue weighted by atomic mass is 35.5. The van der Waals surface area contributed by atoms with Crippen molar-refractivity contribution in [2.75, 3.05) is 0 Å². The van der Waals surface area contributed by atoms with E-state index < -0.39 is 0 Å². The van der Waals surface area contributed by atoms with E-state index in [9.17, 15) is 0 Å². The van der Waals surface area contributed by atoms with Crippen molar-refractivity contribution in [2.24, 2.45) is 5.73 Å². The topological polar surface area (TPSA) is 52.0 Å². The summed E-state index contributed by atoms with van der Waals surface area (Å²) in [5.41, 5.74) is 7.74. The van der Waals surface area contributed by atoms with Crippen LogP contribution in [0.15, 0.2) is 34.9 Å². The number of aromatic nitrogens is 1. The quantitative estimate of drug-likeness (QED) is 0.932. The molecule has 2 N–H and O–H groups in total. The van der Waals surface area contributed by atoms with Crippen LogP contribution in [0.1, 0.15) is 19.0 Å². The maximum atomic E-state index is 5.87. The summed E-state index contributed by atoms with van der Waals surface area (Å²) in [6.07, 6.45) is 1.68. The second-order valence-electron chi connectivity index (χ2n) is 4.06. The minimum Gasteiger partial charge on any atom is -0.356 e. The molecule has 5 heteroatoms. The molecule has 1 heterocycles. The average molecular weight is 287 g/mol. The second kappa shape index (κ2) is 6.78. The van der Waals surface area contributed by atoms with Gasteiger partial charge in [-0.15, -0.1) is 12.4 Å². The maximum Gasteiger partial charge on any atom is 0.167 e. The van der Waals surface area contributed by atoms with E-state index in [1.807, 2.05) is 30.3 Å². The Labute approximate surface area is 118 Å². The van der Waals surface area contributed by atoms with Crippen LogP contribution in [0.3, 0.4) is 0 Å². The van der Waals surface area contributed by atoms with E-state index in [-0.39, 0.29) is 18.4 Å². The van der Waals surface area contributed by atoms with Gasteiger partial charge in [0.05, 0.1) is 5.69 Å². The SMILES string of the molecule is CCC(N)Cc1cc(-c2ccc(Cl)cc2)on1.Cl. The van der Waals surface area contributed by atoms with E-state index in [0.29, 0.717) is 5.02 Å². The molecule has 1 aromatic carbocycles. The van der Waals surface area contributed by atoms with E-state index in [4.69, 9.17) is 21.9 Å². The van der Waals surface area contributed by atoms with Crippen LogP contribution in [-0.2, 0) is 6.42 Å². The third-order valence-electron chi connectivity index (χ3n) is 2.68. The van der Waals surface area contributed by atoms with Gasteiger partial charge in [-0.3, -0.25) is 0 Å². The smallest absolute Gasteiger partial charge is 0.167 e. The van der Waals surface area contributed by atoms with E-state index in [0.717, 1.165) is 29.9 Å². The van der Waals surface area contributed by atoms with Crippen LogP contribution in [0.4, 0.5) is 0 Å². The van der Waals surface area contributed by atoms with Crippen molar-refractivity contribution in [1.29, 1.82) is 0 Å². The first-order valence-corrected chi connectivity index (χ1v) is 6.04. The summed E-state index contributed by atoms with van der Waals surface area (Å²) in [6, 6.07) is 9.55. The lowest BCUT2D eigenvalue weighted by atomic mass is 10.1. The van der Waals surface area contributed by atoms with Gasteiger partial charge in [-0.25, -0.2) is 0 Å². The molecule has 0 spiro atoms. The second-order valence-corrected chi connectivity index (χ2v) is 4.50. The molecule has 0 radical (unpaired) electrons. The van der Waals surface area contributed by atoms with Crippen molar-refractivity contribution in [3.63, 3.8) is 0 Å². The van der Waals surface area contributed by atoms with Gasteiger partial charge < -0.3 is 10.3 Å².